The van der Waals surface area contributed by atoms with Crippen molar-refractivity contribution < 1.29 is 17.4 Å². The zero-order valence-corrected chi connectivity index (χ0v) is 9.49. The molecule has 2 aromatic rings. The van der Waals surface area contributed by atoms with Gasteiger partial charge < -0.3 is 0 Å². The fourth-order valence-electron chi connectivity index (χ4n) is 1.55. The highest BCUT2D eigenvalue weighted by atomic mass is 32.2. The van der Waals surface area contributed by atoms with E-state index in [0.717, 1.165) is 6.07 Å². The van der Waals surface area contributed by atoms with Crippen LogP contribution in [0.4, 0.5) is 4.39 Å². The van der Waals surface area contributed by atoms with Gasteiger partial charge in [0.25, 0.3) is 10.1 Å². The van der Waals surface area contributed by atoms with Gasteiger partial charge in [0.05, 0.1) is 0 Å². The summed E-state index contributed by atoms with van der Waals surface area (Å²) in [6.07, 6.45) is 0. The predicted octanol–water partition coefficient (Wildman–Crippen LogP) is 2.74. The van der Waals surface area contributed by atoms with E-state index in [1.165, 1.54) is 12.1 Å². The molecule has 0 atom stereocenters. The van der Waals surface area contributed by atoms with Gasteiger partial charge in [0.2, 0.25) is 0 Å². The Kier molecular flexibility index (Phi) is 2.95. The van der Waals surface area contributed by atoms with Crippen molar-refractivity contribution in [2.45, 2.75) is 4.90 Å². The van der Waals surface area contributed by atoms with Crippen LogP contribution in [-0.4, -0.2) is 13.0 Å². The lowest BCUT2D eigenvalue weighted by atomic mass is 10.1. The Morgan fingerprint density at radius 2 is 1.59 bits per heavy atom. The average Bonchev–Trinajstić information content (AvgIpc) is 2.29. The molecule has 0 heterocycles. The van der Waals surface area contributed by atoms with Gasteiger partial charge in [0.15, 0.2) is 5.82 Å². The van der Waals surface area contributed by atoms with Crippen molar-refractivity contribution >= 4 is 10.1 Å². The highest BCUT2D eigenvalue weighted by Gasteiger charge is 2.18. The minimum Gasteiger partial charge on any atom is -0.282 e. The minimum atomic E-state index is -4.54. The molecule has 0 spiro atoms. The van der Waals surface area contributed by atoms with E-state index in [9.17, 15) is 12.8 Å². The summed E-state index contributed by atoms with van der Waals surface area (Å²) >= 11 is 0. The first-order valence-corrected chi connectivity index (χ1v) is 6.25. The average molecular weight is 252 g/mol. The SMILES string of the molecule is O=S(=O)(O)c1cccc(-c2ccccc2)c1F. The van der Waals surface area contributed by atoms with Crippen molar-refractivity contribution in [3.8, 4) is 11.1 Å². The second-order valence-electron chi connectivity index (χ2n) is 3.46. The number of benzene rings is 2. The first-order chi connectivity index (χ1) is 8.00. The molecule has 1 N–H and O–H groups in total. The van der Waals surface area contributed by atoms with Crippen LogP contribution in [0.1, 0.15) is 0 Å². The Hall–Kier alpha value is -1.72. The Labute approximate surface area is 98.3 Å². The third-order valence-corrected chi connectivity index (χ3v) is 3.20. The fraction of sp³-hybridized carbons (Fsp3) is 0. The summed E-state index contributed by atoms with van der Waals surface area (Å²) in [5.74, 6) is -0.943. The number of rotatable bonds is 2. The van der Waals surface area contributed by atoms with Gasteiger partial charge in [-0.25, -0.2) is 4.39 Å². The van der Waals surface area contributed by atoms with Crippen molar-refractivity contribution in [2.24, 2.45) is 0 Å². The maximum Gasteiger partial charge on any atom is 0.297 e. The van der Waals surface area contributed by atoms with Gasteiger partial charge in [-0.3, -0.25) is 4.55 Å². The monoisotopic (exact) mass is 252 g/mol. The van der Waals surface area contributed by atoms with E-state index in [4.69, 9.17) is 4.55 Å². The molecule has 2 aromatic carbocycles. The molecule has 0 aliphatic carbocycles. The lowest BCUT2D eigenvalue weighted by Crippen LogP contribution is -2.02. The van der Waals surface area contributed by atoms with Crippen molar-refractivity contribution in [3.05, 3.63) is 54.3 Å². The Morgan fingerprint density at radius 3 is 2.18 bits per heavy atom. The second-order valence-corrected chi connectivity index (χ2v) is 4.85. The molecular formula is C12H9FO3S. The summed E-state index contributed by atoms with van der Waals surface area (Å²) in [7, 11) is -4.54. The van der Waals surface area contributed by atoms with Gasteiger partial charge in [-0.15, -0.1) is 0 Å². The normalized spacial score (nSPS) is 11.4. The summed E-state index contributed by atoms with van der Waals surface area (Å²) in [6, 6.07) is 12.4. The third kappa shape index (κ3) is 2.35. The molecule has 0 radical (unpaired) electrons. The summed E-state index contributed by atoms with van der Waals surface area (Å²) in [4.78, 5) is -0.709. The van der Waals surface area contributed by atoms with Crippen LogP contribution in [0.5, 0.6) is 0 Å². The molecule has 88 valence electrons. The van der Waals surface area contributed by atoms with E-state index in [0.29, 0.717) is 5.56 Å². The van der Waals surface area contributed by atoms with Crippen LogP contribution < -0.4 is 0 Å². The highest BCUT2D eigenvalue weighted by molar-refractivity contribution is 7.85. The Bertz CT molecular complexity index is 636. The maximum atomic E-state index is 13.9. The summed E-state index contributed by atoms with van der Waals surface area (Å²) in [5.41, 5.74) is 0.691. The third-order valence-electron chi connectivity index (χ3n) is 2.33. The van der Waals surface area contributed by atoms with Gasteiger partial charge >= 0.3 is 0 Å². The Balaban J connectivity index is 2.67. The molecule has 0 amide bonds. The molecule has 0 aliphatic heterocycles. The maximum absolute atomic E-state index is 13.9. The van der Waals surface area contributed by atoms with Gasteiger partial charge in [-0.1, -0.05) is 42.5 Å². The minimum absolute atomic E-state index is 0.140. The molecule has 0 saturated carbocycles. The van der Waals surface area contributed by atoms with Crippen molar-refractivity contribution in [1.29, 1.82) is 0 Å². The largest absolute Gasteiger partial charge is 0.297 e. The molecule has 17 heavy (non-hydrogen) atoms. The van der Waals surface area contributed by atoms with Crippen LogP contribution in [0.2, 0.25) is 0 Å². The number of hydrogen-bond acceptors (Lipinski definition) is 2. The molecule has 0 fully saturated rings. The molecule has 0 unspecified atom stereocenters. The quantitative estimate of drug-likeness (QED) is 0.836. The highest BCUT2D eigenvalue weighted by Crippen LogP contribution is 2.26. The topological polar surface area (TPSA) is 54.4 Å². The zero-order valence-electron chi connectivity index (χ0n) is 8.67. The van der Waals surface area contributed by atoms with Crippen LogP contribution in [0, 0.1) is 5.82 Å². The number of hydrogen-bond donors (Lipinski definition) is 1. The fourth-order valence-corrected chi connectivity index (χ4v) is 2.14. The van der Waals surface area contributed by atoms with E-state index < -0.39 is 20.8 Å². The van der Waals surface area contributed by atoms with Crippen molar-refractivity contribution in [3.63, 3.8) is 0 Å². The van der Waals surface area contributed by atoms with Crippen LogP contribution >= 0.6 is 0 Å². The summed E-state index contributed by atoms with van der Waals surface area (Å²) < 4.78 is 44.7. The predicted molar refractivity (Wildman–Crippen MR) is 61.7 cm³/mol. The molecular weight excluding hydrogens is 243 g/mol. The van der Waals surface area contributed by atoms with E-state index in [-0.39, 0.29) is 5.56 Å². The van der Waals surface area contributed by atoms with Crippen molar-refractivity contribution in [2.75, 3.05) is 0 Å². The lowest BCUT2D eigenvalue weighted by Gasteiger charge is -2.06. The smallest absolute Gasteiger partial charge is 0.282 e. The van der Waals surface area contributed by atoms with E-state index in [1.807, 2.05) is 0 Å². The molecule has 5 heteroatoms. The van der Waals surface area contributed by atoms with Crippen LogP contribution in [0.15, 0.2) is 53.4 Å². The molecule has 0 bridgehead atoms. The van der Waals surface area contributed by atoms with Crippen LogP contribution in [-0.2, 0) is 10.1 Å². The van der Waals surface area contributed by atoms with Gasteiger partial charge in [-0.2, -0.15) is 8.42 Å². The van der Waals surface area contributed by atoms with E-state index >= 15 is 0 Å². The molecule has 0 aliphatic rings. The molecule has 0 saturated heterocycles. The number of halogens is 1. The Morgan fingerprint density at radius 1 is 0.941 bits per heavy atom. The summed E-state index contributed by atoms with van der Waals surface area (Å²) in [5, 5.41) is 0. The van der Waals surface area contributed by atoms with E-state index in [2.05, 4.69) is 0 Å². The lowest BCUT2D eigenvalue weighted by molar-refractivity contribution is 0.474. The molecule has 0 aromatic heterocycles. The van der Waals surface area contributed by atoms with Gasteiger partial charge in [-0.05, 0) is 11.6 Å². The van der Waals surface area contributed by atoms with Crippen LogP contribution in [0.25, 0.3) is 11.1 Å². The standard InChI is InChI=1S/C12H9FO3S/c13-12-10(9-5-2-1-3-6-9)7-4-8-11(12)17(14,15)16/h1-8H,(H,14,15,16). The first-order valence-electron chi connectivity index (χ1n) is 4.81. The van der Waals surface area contributed by atoms with E-state index in [1.54, 1.807) is 30.3 Å². The molecule has 3 nitrogen and oxygen atoms in total. The molecule has 2 rings (SSSR count). The van der Waals surface area contributed by atoms with Crippen LogP contribution in [0.3, 0.4) is 0 Å². The summed E-state index contributed by atoms with van der Waals surface area (Å²) in [6.45, 7) is 0. The van der Waals surface area contributed by atoms with Gasteiger partial charge in [0, 0.05) is 5.56 Å². The first kappa shape index (κ1) is 11.8. The second kappa shape index (κ2) is 4.27. The zero-order chi connectivity index (χ0) is 12.5. The van der Waals surface area contributed by atoms with Gasteiger partial charge in [0.1, 0.15) is 4.90 Å². The van der Waals surface area contributed by atoms with Crippen molar-refractivity contribution in [1.82, 2.24) is 0 Å².